The van der Waals surface area contributed by atoms with Crippen LogP contribution in [0.2, 0.25) is 0 Å². The number of non-ortho nitro benzene ring substituents is 1. The fourth-order valence-corrected chi connectivity index (χ4v) is 1.91. The zero-order chi connectivity index (χ0) is 14.7. The van der Waals surface area contributed by atoms with E-state index in [2.05, 4.69) is 5.10 Å². The molecular formula is C13H15FN4O2. The van der Waals surface area contributed by atoms with Gasteiger partial charge < -0.3 is 5.73 Å². The Morgan fingerprint density at radius 1 is 1.50 bits per heavy atom. The molecular weight excluding hydrogens is 263 g/mol. The van der Waals surface area contributed by atoms with Crippen molar-refractivity contribution in [2.24, 2.45) is 5.73 Å². The van der Waals surface area contributed by atoms with Crippen molar-refractivity contribution in [2.75, 3.05) is 0 Å². The SMILES string of the molecule is CCC(N)c1cnn(Cc2cc(F)cc([N+](=O)[O-])c2)c1. The molecule has 0 radical (unpaired) electrons. The first-order valence-electron chi connectivity index (χ1n) is 6.21. The summed E-state index contributed by atoms with van der Waals surface area (Å²) in [5.74, 6) is -0.633. The van der Waals surface area contributed by atoms with E-state index < -0.39 is 10.7 Å². The number of hydrogen-bond acceptors (Lipinski definition) is 4. The van der Waals surface area contributed by atoms with Gasteiger partial charge in [-0.25, -0.2) is 4.39 Å². The Morgan fingerprint density at radius 3 is 2.90 bits per heavy atom. The number of aromatic nitrogens is 2. The molecule has 7 heteroatoms. The molecule has 0 aliphatic heterocycles. The molecule has 1 aromatic carbocycles. The molecule has 6 nitrogen and oxygen atoms in total. The van der Waals surface area contributed by atoms with Gasteiger partial charge in [0.05, 0.1) is 23.7 Å². The zero-order valence-corrected chi connectivity index (χ0v) is 11.0. The van der Waals surface area contributed by atoms with Crippen LogP contribution in [-0.2, 0) is 6.54 Å². The fourth-order valence-electron chi connectivity index (χ4n) is 1.91. The van der Waals surface area contributed by atoms with E-state index in [0.717, 1.165) is 18.1 Å². The highest BCUT2D eigenvalue weighted by atomic mass is 19.1. The predicted molar refractivity (Wildman–Crippen MR) is 71.6 cm³/mol. The summed E-state index contributed by atoms with van der Waals surface area (Å²) in [6, 6.07) is 3.40. The molecule has 0 saturated carbocycles. The number of nitro groups is 1. The van der Waals surface area contributed by atoms with E-state index in [4.69, 9.17) is 5.73 Å². The maximum atomic E-state index is 13.3. The van der Waals surface area contributed by atoms with Crippen LogP contribution >= 0.6 is 0 Å². The molecule has 2 aromatic rings. The maximum Gasteiger partial charge on any atom is 0.272 e. The molecule has 0 bridgehead atoms. The molecule has 0 aliphatic rings. The first-order chi connectivity index (χ1) is 9.49. The Hall–Kier alpha value is -2.28. The maximum absolute atomic E-state index is 13.3. The van der Waals surface area contributed by atoms with Crippen molar-refractivity contribution in [3.05, 3.63) is 57.7 Å². The van der Waals surface area contributed by atoms with Crippen LogP contribution < -0.4 is 5.73 Å². The first kappa shape index (κ1) is 14.1. The van der Waals surface area contributed by atoms with Gasteiger partial charge in [0, 0.05) is 23.9 Å². The number of rotatable bonds is 5. The minimum Gasteiger partial charge on any atom is -0.324 e. The zero-order valence-electron chi connectivity index (χ0n) is 11.0. The quantitative estimate of drug-likeness (QED) is 0.672. The van der Waals surface area contributed by atoms with Crippen LogP contribution in [0.3, 0.4) is 0 Å². The summed E-state index contributed by atoms with van der Waals surface area (Å²) in [4.78, 5) is 10.1. The Morgan fingerprint density at radius 2 is 2.25 bits per heavy atom. The van der Waals surface area contributed by atoms with E-state index in [1.165, 1.54) is 12.1 Å². The molecule has 0 saturated heterocycles. The Labute approximate surface area is 115 Å². The third kappa shape index (κ3) is 3.18. The van der Waals surface area contributed by atoms with Gasteiger partial charge in [-0.3, -0.25) is 14.8 Å². The summed E-state index contributed by atoms with van der Waals surface area (Å²) < 4.78 is 14.9. The van der Waals surface area contributed by atoms with Crippen LogP contribution in [0.25, 0.3) is 0 Å². The number of hydrogen-bond donors (Lipinski definition) is 1. The number of nitrogens with zero attached hydrogens (tertiary/aromatic N) is 3. The van der Waals surface area contributed by atoms with Gasteiger partial charge in [-0.1, -0.05) is 6.92 Å². The van der Waals surface area contributed by atoms with Crippen molar-refractivity contribution < 1.29 is 9.31 Å². The van der Waals surface area contributed by atoms with E-state index in [1.54, 1.807) is 17.1 Å². The first-order valence-corrected chi connectivity index (χ1v) is 6.21. The smallest absolute Gasteiger partial charge is 0.272 e. The number of nitrogens with two attached hydrogens (primary N) is 1. The monoisotopic (exact) mass is 278 g/mol. The van der Waals surface area contributed by atoms with E-state index in [1.807, 2.05) is 6.92 Å². The summed E-state index contributed by atoms with van der Waals surface area (Å²) in [5.41, 5.74) is 6.99. The molecule has 1 aromatic heterocycles. The van der Waals surface area contributed by atoms with Crippen LogP contribution in [0, 0.1) is 15.9 Å². The number of halogens is 1. The lowest BCUT2D eigenvalue weighted by atomic mass is 10.1. The van der Waals surface area contributed by atoms with E-state index in [-0.39, 0.29) is 18.3 Å². The van der Waals surface area contributed by atoms with Crippen LogP contribution in [0.15, 0.2) is 30.6 Å². The van der Waals surface area contributed by atoms with Crippen molar-refractivity contribution in [1.29, 1.82) is 0 Å². The highest BCUT2D eigenvalue weighted by Gasteiger charge is 2.11. The molecule has 0 aliphatic carbocycles. The lowest BCUT2D eigenvalue weighted by Crippen LogP contribution is -2.07. The number of nitro benzene ring substituents is 1. The van der Waals surface area contributed by atoms with Crippen molar-refractivity contribution in [3.8, 4) is 0 Å². The third-order valence-electron chi connectivity index (χ3n) is 3.02. The Balaban J connectivity index is 2.21. The predicted octanol–water partition coefficient (Wildman–Crippen LogP) is 2.39. The summed E-state index contributed by atoms with van der Waals surface area (Å²) in [6.07, 6.45) is 4.21. The van der Waals surface area contributed by atoms with Crippen LogP contribution in [-0.4, -0.2) is 14.7 Å². The van der Waals surface area contributed by atoms with E-state index >= 15 is 0 Å². The van der Waals surface area contributed by atoms with Gasteiger partial charge in [0.2, 0.25) is 0 Å². The van der Waals surface area contributed by atoms with Crippen molar-refractivity contribution >= 4 is 5.69 Å². The lowest BCUT2D eigenvalue weighted by molar-refractivity contribution is -0.385. The van der Waals surface area contributed by atoms with Crippen molar-refractivity contribution in [3.63, 3.8) is 0 Å². The van der Waals surface area contributed by atoms with E-state index in [0.29, 0.717) is 5.56 Å². The van der Waals surface area contributed by atoms with Gasteiger partial charge in [0.25, 0.3) is 5.69 Å². The van der Waals surface area contributed by atoms with Crippen LogP contribution in [0.5, 0.6) is 0 Å². The number of benzene rings is 1. The van der Waals surface area contributed by atoms with Gasteiger partial charge in [-0.15, -0.1) is 0 Å². The minimum atomic E-state index is -0.633. The second kappa shape index (κ2) is 5.79. The largest absolute Gasteiger partial charge is 0.324 e. The molecule has 0 amide bonds. The highest BCUT2D eigenvalue weighted by Crippen LogP contribution is 2.18. The van der Waals surface area contributed by atoms with Gasteiger partial charge in [0.15, 0.2) is 0 Å². The molecule has 1 atom stereocenters. The van der Waals surface area contributed by atoms with Crippen molar-refractivity contribution in [1.82, 2.24) is 9.78 Å². The fraction of sp³-hybridized carbons (Fsp3) is 0.308. The normalized spacial score (nSPS) is 12.3. The second-order valence-electron chi connectivity index (χ2n) is 4.56. The minimum absolute atomic E-state index is 0.0920. The average molecular weight is 278 g/mol. The Kier molecular flexibility index (Phi) is 4.09. The standard InChI is InChI=1S/C13H15FN4O2/c1-2-13(15)10-6-16-17(8-10)7-9-3-11(14)5-12(4-9)18(19)20/h3-6,8,13H,2,7,15H2,1H3. The molecule has 1 unspecified atom stereocenters. The van der Waals surface area contributed by atoms with Gasteiger partial charge in [-0.05, 0) is 18.1 Å². The summed E-state index contributed by atoms with van der Waals surface area (Å²) in [5, 5.41) is 14.8. The average Bonchev–Trinajstić information content (AvgIpc) is 2.85. The Bertz CT molecular complexity index is 627. The van der Waals surface area contributed by atoms with E-state index in [9.17, 15) is 14.5 Å². The van der Waals surface area contributed by atoms with Crippen LogP contribution in [0.4, 0.5) is 10.1 Å². The van der Waals surface area contributed by atoms with Gasteiger partial charge in [-0.2, -0.15) is 5.10 Å². The topological polar surface area (TPSA) is 87.0 Å². The molecule has 0 spiro atoms. The third-order valence-corrected chi connectivity index (χ3v) is 3.02. The van der Waals surface area contributed by atoms with Gasteiger partial charge in [0.1, 0.15) is 5.82 Å². The molecule has 2 rings (SSSR count). The molecule has 106 valence electrons. The molecule has 20 heavy (non-hydrogen) atoms. The van der Waals surface area contributed by atoms with Gasteiger partial charge >= 0.3 is 0 Å². The van der Waals surface area contributed by atoms with Crippen LogP contribution in [0.1, 0.15) is 30.5 Å². The molecule has 1 heterocycles. The highest BCUT2D eigenvalue weighted by molar-refractivity contribution is 5.35. The van der Waals surface area contributed by atoms with Crippen molar-refractivity contribution in [2.45, 2.75) is 25.9 Å². The summed E-state index contributed by atoms with van der Waals surface area (Å²) in [6.45, 7) is 2.23. The summed E-state index contributed by atoms with van der Waals surface area (Å²) in [7, 11) is 0. The summed E-state index contributed by atoms with van der Waals surface area (Å²) >= 11 is 0. The molecule has 0 fully saturated rings. The lowest BCUT2D eigenvalue weighted by Gasteiger charge is -2.05. The molecule has 2 N–H and O–H groups in total. The second-order valence-corrected chi connectivity index (χ2v) is 4.56.